The van der Waals surface area contributed by atoms with Gasteiger partial charge in [0.2, 0.25) is 0 Å². The first-order valence-corrected chi connectivity index (χ1v) is 6.45. The Bertz CT molecular complexity index is 519. The van der Waals surface area contributed by atoms with Crippen molar-refractivity contribution in [3.05, 3.63) is 51.9 Å². The molecule has 0 bridgehead atoms. The zero-order valence-corrected chi connectivity index (χ0v) is 11.8. The molecule has 0 radical (unpaired) electrons. The molecule has 1 atom stereocenters. The number of benzene rings is 1. The lowest BCUT2D eigenvalue weighted by atomic mass is 10.2. The molecule has 1 aromatic carbocycles. The van der Waals surface area contributed by atoms with Crippen LogP contribution in [0.25, 0.3) is 0 Å². The van der Waals surface area contributed by atoms with Crippen LogP contribution in [0.15, 0.2) is 39.2 Å². The molecule has 0 saturated heterocycles. The maximum Gasteiger partial charge on any atom is 0.126 e. The Morgan fingerprint density at radius 2 is 1.94 bits per heavy atom. The molecule has 1 heterocycles. The third-order valence-electron chi connectivity index (χ3n) is 2.75. The van der Waals surface area contributed by atoms with Crippen LogP contribution in [0.5, 0.6) is 0 Å². The van der Waals surface area contributed by atoms with E-state index in [1.54, 1.807) is 0 Å². The number of nitrogens with one attached hydrogen (secondary N) is 1. The van der Waals surface area contributed by atoms with E-state index in [0.717, 1.165) is 21.7 Å². The van der Waals surface area contributed by atoms with E-state index in [-0.39, 0.29) is 6.04 Å². The normalized spacial score (nSPS) is 12.5. The molecule has 0 saturated carbocycles. The van der Waals surface area contributed by atoms with E-state index in [2.05, 4.69) is 47.2 Å². The first kappa shape index (κ1) is 12.2. The molecule has 2 rings (SSSR count). The molecule has 2 aromatic rings. The van der Waals surface area contributed by atoms with Crippen LogP contribution < -0.4 is 5.32 Å². The highest BCUT2D eigenvalue weighted by Crippen LogP contribution is 2.29. The minimum absolute atomic E-state index is 0.154. The van der Waals surface area contributed by atoms with Gasteiger partial charge in [0.25, 0.3) is 0 Å². The first-order chi connectivity index (χ1) is 8.08. The van der Waals surface area contributed by atoms with Crippen LogP contribution in [0.3, 0.4) is 0 Å². The summed E-state index contributed by atoms with van der Waals surface area (Å²) in [5, 5.41) is 3.44. The van der Waals surface area contributed by atoms with Gasteiger partial charge in [-0.3, -0.25) is 0 Å². The van der Waals surface area contributed by atoms with Crippen molar-refractivity contribution >= 4 is 21.6 Å². The second-order valence-corrected chi connectivity index (χ2v) is 5.04. The summed E-state index contributed by atoms with van der Waals surface area (Å²) in [6, 6.07) is 10.3. The highest BCUT2D eigenvalue weighted by molar-refractivity contribution is 9.10. The van der Waals surface area contributed by atoms with Gasteiger partial charge in [-0.25, -0.2) is 0 Å². The molecule has 0 amide bonds. The third-order valence-corrected chi connectivity index (χ3v) is 3.80. The van der Waals surface area contributed by atoms with E-state index in [9.17, 15) is 0 Å². The average molecular weight is 294 g/mol. The summed E-state index contributed by atoms with van der Waals surface area (Å²) in [5.74, 6) is 1.90. The van der Waals surface area contributed by atoms with Gasteiger partial charge in [0.05, 0.1) is 6.04 Å². The Balaban J connectivity index is 2.18. The standard InChI is InChI=1S/C14H16BrNO/c1-9-5-4-6-12(14(9)15)16-11(3)13-8-7-10(2)17-13/h4-8,11,16H,1-3H3. The Morgan fingerprint density at radius 1 is 1.18 bits per heavy atom. The maximum absolute atomic E-state index is 5.61. The number of furan rings is 1. The van der Waals surface area contributed by atoms with Crippen molar-refractivity contribution in [2.75, 3.05) is 5.32 Å². The van der Waals surface area contributed by atoms with Crippen LogP contribution in [0.4, 0.5) is 5.69 Å². The SMILES string of the molecule is Cc1ccc(C(C)Nc2cccc(C)c2Br)o1. The van der Waals surface area contributed by atoms with Crippen molar-refractivity contribution in [2.24, 2.45) is 0 Å². The van der Waals surface area contributed by atoms with Crippen molar-refractivity contribution in [3.63, 3.8) is 0 Å². The maximum atomic E-state index is 5.61. The topological polar surface area (TPSA) is 25.2 Å². The summed E-state index contributed by atoms with van der Waals surface area (Å²) >= 11 is 3.59. The van der Waals surface area contributed by atoms with Crippen LogP contribution >= 0.6 is 15.9 Å². The van der Waals surface area contributed by atoms with Crippen LogP contribution in [0.2, 0.25) is 0 Å². The van der Waals surface area contributed by atoms with Crippen molar-refractivity contribution in [2.45, 2.75) is 26.8 Å². The fraction of sp³-hybridized carbons (Fsp3) is 0.286. The third kappa shape index (κ3) is 2.72. The Morgan fingerprint density at radius 3 is 2.59 bits per heavy atom. The quantitative estimate of drug-likeness (QED) is 0.877. The van der Waals surface area contributed by atoms with Crippen molar-refractivity contribution in [3.8, 4) is 0 Å². The summed E-state index contributed by atoms with van der Waals surface area (Å²) < 4.78 is 6.72. The number of rotatable bonds is 3. The minimum atomic E-state index is 0.154. The number of aryl methyl sites for hydroxylation is 2. The Hall–Kier alpha value is -1.22. The molecule has 1 N–H and O–H groups in total. The molecular weight excluding hydrogens is 278 g/mol. The summed E-state index contributed by atoms with van der Waals surface area (Å²) in [6.45, 7) is 6.13. The van der Waals surface area contributed by atoms with Gasteiger partial charge in [0, 0.05) is 10.2 Å². The zero-order chi connectivity index (χ0) is 12.4. The van der Waals surface area contributed by atoms with Crippen LogP contribution in [-0.4, -0.2) is 0 Å². The predicted octanol–water partition coefficient (Wildman–Crippen LogP) is 4.83. The lowest BCUT2D eigenvalue weighted by Gasteiger charge is -2.15. The molecule has 0 aliphatic rings. The van der Waals surface area contributed by atoms with Crippen LogP contribution in [0.1, 0.15) is 30.0 Å². The van der Waals surface area contributed by atoms with Gasteiger partial charge < -0.3 is 9.73 Å². The highest BCUT2D eigenvalue weighted by atomic mass is 79.9. The molecule has 1 unspecified atom stereocenters. The van der Waals surface area contributed by atoms with E-state index in [0.29, 0.717) is 0 Å². The van der Waals surface area contributed by atoms with Gasteiger partial charge in [-0.05, 0) is 60.5 Å². The van der Waals surface area contributed by atoms with Gasteiger partial charge in [-0.15, -0.1) is 0 Å². The monoisotopic (exact) mass is 293 g/mol. The van der Waals surface area contributed by atoms with E-state index < -0.39 is 0 Å². The van der Waals surface area contributed by atoms with E-state index >= 15 is 0 Å². The van der Waals surface area contributed by atoms with Gasteiger partial charge in [-0.1, -0.05) is 12.1 Å². The molecule has 3 heteroatoms. The minimum Gasteiger partial charge on any atom is -0.464 e. The first-order valence-electron chi connectivity index (χ1n) is 5.66. The molecule has 1 aromatic heterocycles. The van der Waals surface area contributed by atoms with Crippen molar-refractivity contribution in [1.29, 1.82) is 0 Å². The molecule has 90 valence electrons. The summed E-state index contributed by atoms with van der Waals surface area (Å²) in [5.41, 5.74) is 2.31. The predicted molar refractivity (Wildman–Crippen MR) is 74.4 cm³/mol. The van der Waals surface area contributed by atoms with Gasteiger partial charge in [-0.2, -0.15) is 0 Å². The largest absolute Gasteiger partial charge is 0.464 e. The smallest absolute Gasteiger partial charge is 0.126 e. The summed E-state index contributed by atoms with van der Waals surface area (Å²) in [7, 11) is 0. The fourth-order valence-electron chi connectivity index (χ4n) is 1.75. The lowest BCUT2D eigenvalue weighted by Crippen LogP contribution is -2.06. The average Bonchev–Trinajstić information content (AvgIpc) is 2.72. The Kier molecular flexibility index (Phi) is 3.57. The number of hydrogen-bond acceptors (Lipinski definition) is 2. The molecule has 0 fully saturated rings. The number of hydrogen-bond donors (Lipinski definition) is 1. The van der Waals surface area contributed by atoms with Crippen molar-refractivity contribution < 1.29 is 4.42 Å². The lowest BCUT2D eigenvalue weighted by molar-refractivity contribution is 0.467. The molecule has 2 nitrogen and oxygen atoms in total. The van der Waals surface area contributed by atoms with Crippen LogP contribution in [-0.2, 0) is 0 Å². The highest BCUT2D eigenvalue weighted by Gasteiger charge is 2.11. The summed E-state index contributed by atoms with van der Waals surface area (Å²) in [4.78, 5) is 0. The van der Waals surface area contributed by atoms with Crippen molar-refractivity contribution in [1.82, 2.24) is 0 Å². The van der Waals surface area contributed by atoms with E-state index in [1.807, 2.05) is 25.1 Å². The van der Waals surface area contributed by atoms with Gasteiger partial charge in [0.1, 0.15) is 11.5 Å². The Labute approximate surface area is 110 Å². The van der Waals surface area contributed by atoms with E-state index in [4.69, 9.17) is 4.42 Å². The van der Waals surface area contributed by atoms with Gasteiger partial charge in [0.15, 0.2) is 0 Å². The molecular formula is C14H16BrNO. The molecule has 0 aliphatic heterocycles. The second-order valence-electron chi connectivity index (χ2n) is 4.25. The van der Waals surface area contributed by atoms with E-state index in [1.165, 1.54) is 5.56 Å². The zero-order valence-electron chi connectivity index (χ0n) is 10.3. The molecule has 17 heavy (non-hydrogen) atoms. The molecule has 0 spiro atoms. The summed E-state index contributed by atoms with van der Waals surface area (Å²) in [6.07, 6.45) is 0. The fourth-order valence-corrected chi connectivity index (χ4v) is 2.13. The number of anilines is 1. The van der Waals surface area contributed by atoms with Crippen LogP contribution in [0, 0.1) is 13.8 Å². The second kappa shape index (κ2) is 4.96. The van der Waals surface area contributed by atoms with Gasteiger partial charge >= 0.3 is 0 Å². The number of halogens is 1. The molecule has 0 aliphatic carbocycles.